The van der Waals surface area contributed by atoms with Gasteiger partial charge in [-0.2, -0.15) is 5.10 Å². The number of nitrogens with one attached hydrogen (secondary N) is 1. The molecule has 0 unspecified atom stereocenters. The summed E-state index contributed by atoms with van der Waals surface area (Å²) in [7, 11) is 0. The molecule has 0 bridgehead atoms. The van der Waals surface area contributed by atoms with E-state index in [4.69, 9.17) is 0 Å². The monoisotopic (exact) mass is 273 g/mol. The van der Waals surface area contributed by atoms with E-state index in [-0.39, 0.29) is 0 Å². The molecule has 1 N–H and O–H groups in total. The summed E-state index contributed by atoms with van der Waals surface area (Å²) in [6, 6.07) is 0. The number of aromatic nitrogens is 4. The Bertz CT molecular complexity index is 384. The van der Waals surface area contributed by atoms with Gasteiger partial charge in [0.15, 0.2) is 0 Å². The first-order valence-electron chi connectivity index (χ1n) is 4.02. The van der Waals surface area contributed by atoms with Gasteiger partial charge in [-0.15, -0.1) is 10.2 Å². The van der Waals surface area contributed by atoms with Gasteiger partial charge in [0.05, 0.1) is 17.2 Å². The topological polar surface area (TPSA) is 55.6 Å². The van der Waals surface area contributed by atoms with Crippen LogP contribution in [0.15, 0.2) is 22.4 Å². The van der Waals surface area contributed by atoms with Crippen molar-refractivity contribution in [3.05, 3.63) is 22.4 Å². The predicted octanol–water partition coefficient (Wildman–Crippen LogP) is 1.61. The standard InChI is InChI=1S/C7H8BrN5S/c8-6-3-11-13(4-6)2-1-9-7-12-10-5-14-7/h3-5H,1-2H2,(H,9,12). The highest BCUT2D eigenvalue weighted by molar-refractivity contribution is 9.10. The molecule has 2 aromatic rings. The van der Waals surface area contributed by atoms with Crippen LogP contribution >= 0.6 is 27.3 Å². The van der Waals surface area contributed by atoms with E-state index < -0.39 is 0 Å². The predicted molar refractivity (Wildman–Crippen MR) is 58.3 cm³/mol. The maximum absolute atomic E-state index is 4.13. The lowest BCUT2D eigenvalue weighted by Gasteiger charge is -2.01. The van der Waals surface area contributed by atoms with E-state index in [2.05, 4.69) is 36.5 Å². The Labute approximate surface area is 93.3 Å². The molecule has 0 aliphatic heterocycles. The van der Waals surface area contributed by atoms with Crippen LogP contribution in [0.2, 0.25) is 0 Å². The van der Waals surface area contributed by atoms with Gasteiger partial charge in [0.25, 0.3) is 0 Å². The average Bonchev–Trinajstić information content (AvgIpc) is 2.77. The van der Waals surface area contributed by atoms with Crippen molar-refractivity contribution in [3.8, 4) is 0 Å². The van der Waals surface area contributed by atoms with E-state index in [1.54, 1.807) is 11.7 Å². The smallest absolute Gasteiger partial charge is 0.205 e. The van der Waals surface area contributed by atoms with Crippen LogP contribution in [-0.2, 0) is 6.54 Å². The first-order chi connectivity index (χ1) is 6.84. The van der Waals surface area contributed by atoms with E-state index in [1.165, 1.54) is 11.3 Å². The zero-order valence-electron chi connectivity index (χ0n) is 7.22. The number of rotatable bonds is 4. The summed E-state index contributed by atoms with van der Waals surface area (Å²) in [5.74, 6) is 0. The zero-order chi connectivity index (χ0) is 9.80. The van der Waals surface area contributed by atoms with E-state index in [0.29, 0.717) is 0 Å². The Balaban J connectivity index is 1.78. The van der Waals surface area contributed by atoms with Crippen LogP contribution in [0.5, 0.6) is 0 Å². The molecule has 0 aromatic carbocycles. The third-order valence-electron chi connectivity index (χ3n) is 1.58. The molecule has 5 nitrogen and oxygen atoms in total. The SMILES string of the molecule is Brc1cnn(CCNc2nncs2)c1. The number of halogens is 1. The molecule has 0 radical (unpaired) electrons. The molecule has 0 aliphatic carbocycles. The Morgan fingerprint density at radius 3 is 3.14 bits per heavy atom. The third-order valence-corrected chi connectivity index (χ3v) is 2.64. The van der Waals surface area contributed by atoms with E-state index in [1.807, 2.05) is 10.9 Å². The summed E-state index contributed by atoms with van der Waals surface area (Å²) in [6.45, 7) is 1.61. The summed E-state index contributed by atoms with van der Waals surface area (Å²) in [5, 5.41) is 15.7. The van der Waals surface area contributed by atoms with Crippen molar-refractivity contribution >= 4 is 32.4 Å². The van der Waals surface area contributed by atoms with Crippen molar-refractivity contribution in [1.29, 1.82) is 0 Å². The maximum atomic E-state index is 4.13. The van der Waals surface area contributed by atoms with Gasteiger partial charge in [-0.25, -0.2) is 0 Å². The van der Waals surface area contributed by atoms with Crippen molar-refractivity contribution < 1.29 is 0 Å². The van der Waals surface area contributed by atoms with E-state index in [0.717, 1.165) is 22.7 Å². The molecule has 0 fully saturated rings. The molecule has 2 heterocycles. The van der Waals surface area contributed by atoms with Crippen LogP contribution in [0, 0.1) is 0 Å². The quantitative estimate of drug-likeness (QED) is 0.920. The molecule has 2 rings (SSSR count). The number of nitrogens with zero attached hydrogens (tertiary/aromatic N) is 4. The largest absolute Gasteiger partial charge is 0.358 e. The van der Waals surface area contributed by atoms with E-state index in [9.17, 15) is 0 Å². The molecule has 0 saturated heterocycles. The molecule has 0 spiro atoms. The first-order valence-corrected chi connectivity index (χ1v) is 5.70. The highest BCUT2D eigenvalue weighted by Gasteiger charge is 1.96. The molecule has 0 aliphatic rings. The van der Waals surface area contributed by atoms with Crippen molar-refractivity contribution in [2.75, 3.05) is 11.9 Å². The van der Waals surface area contributed by atoms with Crippen molar-refractivity contribution in [2.45, 2.75) is 6.54 Å². The summed E-state index contributed by atoms with van der Waals surface area (Å²) in [5.41, 5.74) is 1.70. The number of anilines is 1. The summed E-state index contributed by atoms with van der Waals surface area (Å²) in [6.07, 6.45) is 3.70. The molecule has 2 aromatic heterocycles. The van der Waals surface area contributed by atoms with Crippen LogP contribution in [0.4, 0.5) is 5.13 Å². The fraction of sp³-hybridized carbons (Fsp3) is 0.286. The van der Waals surface area contributed by atoms with Crippen LogP contribution < -0.4 is 5.32 Å². The van der Waals surface area contributed by atoms with Gasteiger partial charge in [-0.1, -0.05) is 11.3 Å². The molecule has 0 saturated carbocycles. The molecule has 0 atom stereocenters. The summed E-state index contributed by atoms with van der Waals surface area (Å²) in [4.78, 5) is 0. The van der Waals surface area contributed by atoms with E-state index >= 15 is 0 Å². The lowest BCUT2D eigenvalue weighted by molar-refractivity contribution is 0.637. The molecule has 14 heavy (non-hydrogen) atoms. The second-order valence-electron chi connectivity index (χ2n) is 2.59. The fourth-order valence-corrected chi connectivity index (χ4v) is 1.79. The minimum atomic E-state index is 0.795. The van der Waals surface area contributed by atoms with Gasteiger partial charge < -0.3 is 5.32 Å². The van der Waals surface area contributed by atoms with Gasteiger partial charge in [-0.05, 0) is 15.9 Å². The Kier molecular flexibility index (Phi) is 3.10. The second-order valence-corrected chi connectivity index (χ2v) is 4.34. The zero-order valence-corrected chi connectivity index (χ0v) is 9.62. The van der Waals surface area contributed by atoms with Gasteiger partial charge in [0, 0.05) is 12.7 Å². The maximum Gasteiger partial charge on any atom is 0.205 e. The lowest BCUT2D eigenvalue weighted by atomic mass is 10.6. The summed E-state index contributed by atoms with van der Waals surface area (Å²) < 4.78 is 2.85. The van der Waals surface area contributed by atoms with Gasteiger partial charge in [-0.3, -0.25) is 4.68 Å². The normalized spacial score (nSPS) is 10.4. The van der Waals surface area contributed by atoms with Crippen molar-refractivity contribution in [3.63, 3.8) is 0 Å². The molecule has 74 valence electrons. The Hall–Kier alpha value is -0.950. The van der Waals surface area contributed by atoms with Crippen LogP contribution in [-0.4, -0.2) is 26.5 Å². The van der Waals surface area contributed by atoms with Crippen molar-refractivity contribution in [2.24, 2.45) is 0 Å². The molecular weight excluding hydrogens is 266 g/mol. The molecule has 0 amide bonds. The van der Waals surface area contributed by atoms with Gasteiger partial charge in [0.1, 0.15) is 5.51 Å². The van der Waals surface area contributed by atoms with Crippen LogP contribution in [0.25, 0.3) is 0 Å². The average molecular weight is 274 g/mol. The lowest BCUT2D eigenvalue weighted by Crippen LogP contribution is -2.10. The van der Waals surface area contributed by atoms with Crippen molar-refractivity contribution in [1.82, 2.24) is 20.0 Å². The second kappa shape index (κ2) is 4.52. The first kappa shape index (κ1) is 9.60. The molecule has 7 heteroatoms. The molecular formula is C7H8BrN5S. The third kappa shape index (κ3) is 2.52. The number of hydrogen-bond acceptors (Lipinski definition) is 5. The minimum Gasteiger partial charge on any atom is -0.358 e. The van der Waals surface area contributed by atoms with Crippen LogP contribution in [0.1, 0.15) is 0 Å². The van der Waals surface area contributed by atoms with Gasteiger partial charge in [0.2, 0.25) is 5.13 Å². The summed E-state index contributed by atoms with van der Waals surface area (Å²) >= 11 is 4.83. The van der Waals surface area contributed by atoms with Crippen LogP contribution in [0.3, 0.4) is 0 Å². The Morgan fingerprint density at radius 1 is 1.57 bits per heavy atom. The minimum absolute atomic E-state index is 0.795. The fourth-order valence-electron chi connectivity index (χ4n) is 0.988. The highest BCUT2D eigenvalue weighted by atomic mass is 79.9. The Morgan fingerprint density at radius 2 is 2.50 bits per heavy atom. The number of hydrogen-bond donors (Lipinski definition) is 1. The highest BCUT2D eigenvalue weighted by Crippen LogP contribution is 2.08. The van der Waals surface area contributed by atoms with Gasteiger partial charge >= 0.3 is 0 Å².